The number of nitrogens with one attached hydrogen (secondary N) is 1. The zero-order valence-electron chi connectivity index (χ0n) is 25.2. The van der Waals surface area contributed by atoms with Gasteiger partial charge in [-0.1, -0.05) is 52.0 Å². The normalized spacial score (nSPS) is 35.0. The van der Waals surface area contributed by atoms with E-state index in [4.69, 9.17) is 14.2 Å². The minimum absolute atomic E-state index is 0.100. The first kappa shape index (κ1) is 34.0. The number of hydrogen-bond donors (Lipinski definition) is 4. The van der Waals surface area contributed by atoms with Crippen LogP contribution in [0.3, 0.4) is 0 Å². The van der Waals surface area contributed by atoms with Crippen LogP contribution in [0.4, 0.5) is 4.79 Å². The van der Waals surface area contributed by atoms with E-state index in [-0.39, 0.29) is 55.3 Å². The molecule has 10 unspecified atom stereocenters. The van der Waals surface area contributed by atoms with Gasteiger partial charge >= 0.3 is 12.1 Å². The summed E-state index contributed by atoms with van der Waals surface area (Å²) in [5.41, 5.74) is -0.630. The number of cyclic esters (lactones) is 1. The van der Waals surface area contributed by atoms with E-state index < -0.39 is 36.0 Å². The lowest BCUT2D eigenvalue weighted by atomic mass is 9.88. The summed E-state index contributed by atoms with van der Waals surface area (Å²) in [5, 5.41) is 34.1. The minimum Gasteiger partial charge on any atom is -0.457 e. The molecule has 10 atom stereocenters. The summed E-state index contributed by atoms with van der Waals surface area (Å²) in [6.45, 7) is 13.6. The Morgan fingerprint density at radius 3 is 2.65 bits per heavy atom. The molecule has 2 aliphatic rings. The van der Waals surface area contributed by atoms with Crippen LogP contribution in [0.1, 0.15) is 80.6 Å². The predicted molar refractivity (Wildman–Crippen MR) is 153 cm³/mol. The molecule has 228 valence electrons. The third-order valence-corrected chi connectivity index (χ3v) is 7.90. The highest BCUT2D eigenvalue weighted by molar-refractivity contribution is 5.70. The van der Waals surface area contributed by atoms with Crippen LogP contribution < -0.4 is 5.32 Å². The van der Waals surface area contributed by atoms with Gasteiger partial charge in [-0.15, -0.1) is 0 Å². The van der Waals surface area contributed by atoms with Crippen LogP contribution >= 0.6 is 0 Å². The first-order valence-electron chi connectivity index (χ1n) is 14.7. The molecule has 0 aromatic carbocycles. The Morgan fingerprint density at radius 2 is 2.00 bits per heavy atom. The number of alkyl carbamates (subject to hydrolysis) is 1. The second-order valence-corrected chi connectivity index (χ2v) is 11.7. The van der Waals surface area contributed by atoms with Gasteiger partial charge in [0.15, 0.2) is 6.10 Å². The molecule has 0 aromatic rings. The van der Waals surface area contributed by atoms with Gasteiger partial charge < -0.3 is 34.8 Å². The van der Waals surface area contributed by atoms with Gasteiger partial charge in [0, 0.05) is 18.4 Å². The van der Waals surface area contributed by atoms with Gasteiger partial charge in [-0.05, 0) is 64.0 Å². The molecule has 0 aromatic heterocycles. The zero-order chi connectivity index (χ0) is 30.0. The van der Waals surface area contributed by atoms with Crippen LogP contribution in [0, 0.1) is 17.8 Å². The van der Waals surface area contributed by atoms with E-state index in [2.05, 4.69) is 18.3 Å². The molecular formula is C31H51NO8. The van der Waals surface area contributed by atoms with Crippen molar-refractivity contribution in [3.8, 4) is 0 Å². The number of ether oxygens (including phenoxy) is 3. The molecule has 0 aliphatic carbocycles. The second kappa shape index (κ2) is 15.7. The Bertz CT molecular complexity index is 913. The number of carbonyl (C=O) groups excluding carboxylic acids is 2. The molecule has 0 saturated carbocycles. The van der Waals surface area contributed by atoms with Crippen molar-refractivity contribution < 1.29 is 39.1 Å². The maximum Gasteiger partial charge on any atom is 0.407 e. The molecule has 0 spiro atoms. The van der Waals surface area contributed by atoms with Crippen LogP contribution in [-0.4, -0.2) is 76.2 Å². The first-order chi connectivity index (χ1) is 18.8. The van der Waals surface area contributed by atoms with E-state index in [9.17, 15) is 24.9 Å². The number of hydrogen-bond acceptors (Lipinski definition) is 8. The molecule has 0 bridgehead atoms. The molecule has 2 heterocycles. The third kappa shape index (κ3) is 10.7. The lowest BCUT2D eigenvalue weighted by Gasteiger charge is -2.32. The van der Waals surface area contributed by atoms with Crippen molar-refractivity contribution in [2.24, 2.45) is 17.8 Å². The second-order valence-electron chi connectivity index (χ2n) is 11.7. The van der Waals surface area contributed by atoms with E-state index in [1.807, 2.05) is 39.8 Å². The quantitative estimate of drug-likeness (QED) is 0.134. The summed E-state index contributed by atoms with van der Waals surface area (Å²) >= 11 is 0. The molecule has 2 rings (SSSR count). The fourth-order valence-corrected chi connectivity index (χ4v) is 5.09. The SMILES string of the molecule is CCNC(=O)OC1/C=C\C(C)C(/C(C)=C/C=C/C(C)CC2OC2C(C)C(O)CC)OC(=O)CC(O)CCC1(C)O. The Balaban J connectivity index is 2.15. The van der Waals surface area contributed by atoms with Crippen molar-refractivity contribution in [1.82, 2.24) is 5.32 Å². The summed E-state index contributed by atoms with van der Waals surface area (Å²) in [5.74, 6) is -0.443. The standard InChI is InChI=1S/C31H51NO8/c1-8-24(34)22(6)29-25(38-29)17-19(3)11-10-12-20(4)28-21(5)13-14-26(39-30(36)32-9-2)31(7,37)16-15-23(33)18-27(35)40-28/h10-14,19,21-26,28-29,33-34,37H,8-9,15-18H2,1-7H3,(H,32,36)/b11-10+,14-13-,20-12+. The fourth-order valence-electron chi connectivity index (χ4n) is 5.09. The fraction of sp³-hybridized carbons (Fsp3) is 0.742. The van der Waals surface area contributed by atoms with Crippen molar-refractivity contribution in [1.29, 1.82) is 0 Å². The number of esters is 1. The molecule has 4 N–H and O–H groups in total. The van der Waals surface area contributed by atoms with Gasteiger partial charge in [0.05, 0.1) is 30.8 Å². The average molecular weight is 566 g/mol. The van der Waals surface area contributed by atoms with Crippen LogP contribution in [0.2, 0.25) is 0 Å². The Morgan fingerprint density at radius 1 is 1.30 bits per heavy atom. The average Bonchev–Trinajstić information content (AvgIpc) is 3.65. The Kier molecular flexibility index (Phi) is 13.4. The van der Waals surface area contributed by atoms with Crippen molar-refractivity contribution >= 4 is 12.1 Å². The summed E-state index contributed by atoms with van der Waals surface area (Å²) in [4.78, 5) is 24.8. The zero-order valence-corrected chi connectivity index (χ0v) is 25.2. The largest absolute Gasteiger partial charge is 0.457 e. The molecule has 1 fully saturated rings. The number of epoxide rings is 1. The van der Waals surface area contributed by atoms with E-state index in [1.54, 1.807) is 26.0 Å². The van der Waals surface area contributed by atoms with Crippen molar-refractivity contribution in [3.05, 3.63) is 36.0 Å². The summed E-state index contributed by atoms with van der Waals surface area (Å²) < 4.78 is 17.1. The number of amides is 1. The molecule has 9 nitrogen and oxygen atoms in total. The van der Waals surface area contributed by atoms with Gasteiger partial charge in [-0.25, -0.2) is 4.79 Å². The van der Waals surface area contributed by atoms with Crippen LogP contribution in [0.15, 0.2) is 36.0 Å². The number of carbonyl (C=O) groups is 2. The molecule has 1 saturated heterocycles. The predicted octanol–water partition coefficient (Wildman–Crippen LogP) is 4.20. The van der Waals surface area contributed by atoms with E-state index >= 15 is 0 Å². The smallest absolute Gasteiger partial charge is 0.407 e. The maximum absolute atomic E-state index is 12.7. The molecule has 0 radical (unpaired) electrons. The van der Waals surface area contributed by atoms with Gasteiger partial charge in [0.2, 0.25) is 0 Å². The van der Waals surface area contributed by atoms with Crippen molar-refractivity contribution in [3.63, 3.8) is 0 Å². The summed E-state index contributed by atoms with van der Waals surface area (Å²) in [6, 6.07) is 0. The van der Waals surface area contributed by atoms with E-state index in [1.165, 1.54) is 0 Å². The lowest BCUT2D eigenvalue weighted by molar-refractivity contribution is -0.151. The van der Waals surface area contributed by atoms with Crippen molar-refractivity contribution in [2.45, 2.75) is 123 Å². The number of aliphatic hydroxyl groups is 3. The monoisotopic (exact) mass is 565 g/mol. The number of aliphatic hydroxyl groups excluding tert-OH is 2. The minimum atomic E-state index is -1.44. The topological polar surface area (TPSA) is 138 Å². The number of rotatable bonds is 10. The van der Waals surface area contributed by atoms with Gasteiger partial charge in [0.1, 0.15) is 11.7 Å². The summed E-state index contributed by atoms with van der Waals surface area (Å²) in [6.07, 6.45) is 7.69. The maximum atomic E-state index is 12.7. The van der Waals surface area contributed by atoms with Gasteiger partial charge in [-0.3, -0.25) is 4.79 Å². The third-order valence-electron chi connectivity index (χ3n) is 7.90. The molecule has 2 aliphatic heterocycles. The first-order valence-corrected chi connectivity index (χ1v) is 14.7. The Labute approximate surface area is 239 Å². The summed E-state index contributed by atoms with van der Waals surface area (Å²) in [7, 11) is 0. The van der Waals surface area contributed by atoms with Crippen molar-refractivity contribution in [2.75, 3.05) is 6.54 Å². The highest BCUT2D eigenvalue weighted by atomic mass is 16.6. The molecule has 9 heteroatoms. The van der Waals surface area contributed by atoms with Gasteiger partial charge in [0.25, 0.3) is 0 Å². The highest BCUT2D eigenvalue weighted by Gasteiger charge is 2.45. The highest BCUT2D eigenvalue weighted by Crippen LogP contribution is 2.36. The molecule has 40 heavy (non-hydrogen) atoms. The van der Waals surface area contributed by atoms with Crippen LogP contribution in [0.25, 0.3) is 0 Å². The molecule has 1 amide bonds. The van der Waals surface area contributed by atoms with E-state index in [0.29, 0.717) is 13.0 Å². The van der Waals surface area contributed by atoms with Crippen LogP contribution in [0.5, 0.6) is 0 Å². The van der Waals surface area contributed by atoms with E-state index in [0.717, 1.165) is 12.0 Å². The van der Waals surface area contributed by atoms with Gasteiger partial charge in [-0.2, -0.15) is 0 Å². The lowest BCUT2D eigenvalue weighted by Crippen LogP contribution is -2.44. The van der Waals surface area contributed by atoms with Crippen LogP contribution in [-0.2, 0) is 19.0 Å². The Hall–Kier alpha value is -2.20. The number of allylic oxidation sites excluding steroid dienone is 3. The molecular weight excluding hydrogens is 514 g/mol.